The molecule has 0 saturated carbocycles. The molecule has 0 aliphatic carbocycles. The summed E-state index contributed by atoms with van der Waals surface area (Å²) in [5, 5.41) is 8.52. The van der Waals surface area contributed by atoms with Crippen molar-refractivity contribution in [2.24, 2.45) is 22.4 Å². The zero-order chi connectivity index (χ0) is 25.5. The lowest BCUT2D eigenvalue weighted by Gasteiger charge is -2.16. The van der Waals surface area contributed by atoms with Crippen molar-refractivity contribution >= 4 is 23.6 Å². The number of benzene rings is 2. The molecule has 3 amide bonds. The fourth-order valence-corrected chi connectivity index (χ4v) is 3.14. The van der Waals surface area contributed by atoms with E-state index in [1.807, 2.05) is 0 Å². The number of rotatable bonds is 8. The maximum absolute atomic E-state index is 13.4. The van der Waals surface area contributed by atoms with Crippen LogP contribution in [0.2, 0.25) is 0 Å². The van der Waals surface area contributed by atoms with Gasteiger partial charge in [0.15, 0.2) is 0 Å². The number of primary amides is 1. The van der Waals surface area contributed by atoms with Crippen LogP contribution in [0.1, 0.15) is 49.3 Å². The van der Waals surface area contributed by atoms with Crippen LogP contribution in [0.3, 0.4) is 0 Å². The highest BCUT2D eigenvalue weighted by Gasteiger charge is 2.23. The second kappa shape index (κ2) is 10.8. The van der Waals surface area contributed by atoms with Crippen LogP contribution in [-0.2, 0) is 11.3 Å². The number of aryl methyl sites for hydroxylation is 1. The molecule has 12 heteroatoms. The van der Waals surface area contributed by atoms with E-state index in [1.165, 1.54) is 12.1 Å². The zero-order valence-corrected chi connectivity index (χ0v) is 18.7. The Balaban J connectivity index is 1.71. The monoisotopic (exact) mass is 478 g/mol. The van der Waals surface area contributed by atoms with E-state index in [-0.39, 0.29) is 29.6 Å². The lowest BCUT2D eigenvalue weighted by molar-refractivity contribution is -0.120. The third kappa shape index (κ3) is 6.13. The van der Waals surface area contributed by atoms with Gasteiger partial charge in [0.1, 0.15) is 35.4 Å². The molecule has 0 aliphatic rings. The van der Waals surface area contributed by atoms with E-state index in [4.69, 9.17) is 17.3 Å². The summed E-state index contributed by atoms with van der Waals surface area (Å²) in [4.78, 5) is 45.0. The molecule has 1 heterocycles. The van der Waals surface area contributed by atoms with Crippen LogP contribution in [0.15, 0.2) is 60.0 Å². The van der Waals surface area contributed by atoms with Gasteiger partial charge in [0, 0.05) is 18.2 Å². The van der Waals surface area contributed by atoms with E-state index in [1.54, 1.807) is 43.3 Å². The number of hydrogen-bond acceptors (Lipinski definition) is 7. The number of nitrogens with one attached hydrogen (secondary N) is 2. The van der Waals surface area contributed by atoms with Gasteiger partial charge in [-0.2, -0.15) is 5.10 Å². The van der Waals surface area contributed by atoms with Crippen molar-refractivity contribution in [2.45, 2.75) is 19.5 Å². The van der Waals surface area contributed by atoms with E-state index in [9.17, 15) is 18.8 Å². The fraction of sp³-hybridized carbons (Fsp3) is 0.130. The van der Waals surface area contributed by atoms with Crippen molar-refractivity contribution in [3.05, 3.63) is 94.3 Å². The van der Waals surface area contributed by atoms with Crippen molar-refractivity contribution < 1.29 is 18.8 Å². The number of amidine groups is 1. The maximum Gasteiger partial charge on any atom is 0.270 e. The predicted molar refractivity (Wildman–Crippen MR) is 125 cm³/mol. The fourth-order valence-electron chi connectivity index (χ4n) is 3.14. The number of carbonyl (C=O) groups excluding carboxylic acids is 3. The summed E-state index contributed by atoms with van der Waals surface area (Å²) in [5.41, 5.74) is 13.0. The summed E-state index contributed by atoms with van der Waals surface area (Å²) < 4.78 is 13.4. The molecular weight excluding hydrogens is 455 g/mol. The van der Waals surface area contributed by atoms with Gasteiger partial charge in [0.2, 0.25) is 5.91 Å². The van der Waals surface area contributed by atoms with Crippen LogP contribution in [0.25, 0.3) is 0 Å². The molecule has 0 radical (unpaired) electrons. The first-order valence-electron chi connectivity index (χ1n) is 10.3. The molecule has 0 spiro atoms. The highest BCUT2D eigenvalue weighted by molar-refractivity contribution is 5.99. The molecule has 3 rings (SSSR count). The number of carbonyl (C=O) groups is 3. The number of hydrazone groups is 1. The molecule has 1 atom stereocenters. The van der Waals surface area contributed by atoms with Crippen molar-refractivity contribution in [1.82, 2.24) is 20.6 Å². The first-order valence-corrected chi connectivity index (χ1v) is 10.3. The minimum absolute atomic E-state index is 0.0690. The highest BCUT2D eigenvalue weighted by atomic mass is 19.1. The summed E-state index contributed by atoms with van der Waals surface area (Å²) in [6.45, 7) is 1.75. The molecule has 11 nitrogen and oxygen atoms in total. The van der Waals surface area contributed by atoms with Crippen molar-refractivity contribution in [1.29, 1.82) is 0 Å². The Kier molecular flexibility index (Phi) is 7.66. The van der Waals surface area contributed by atoms with Crippen LogP contribution in [0.5, 0.6) is 0 Å². The number of hydrogen-bond donors (Lipinski definition) is 5. The largest absolute Gasteiger partial charge is 0.382 e. The molecule has 0 bridgehead atoms. The van der Waals surface area contributed by atoms with Gasteiger partial charge in [-0.3, -0.25) is 14.4 Å². The third-order valence-corrected chi connectivity index (χ3v) is 5.05. The predicted octanol–water partition coefficient (Wildman–Crippen LogP) is 0.390. The number of nitrogens with two attached hydrogens (primary N) is 3. The zero-order valence-electron chi connectivity index (χ0n) is 18.7. The lowest BCUT2D eigenvalue weighted by Crippen LogP contribution is -2.38. The van der Waals surface area contributed by atoms with Crippen molar-refractivity contribution in [3.8, 4) is 0 Å². The number of halogens is 1. The molecule has 0 aliphatic heterocycles. The van der Waals surface area contributed by atoms with E-state index in [0.29, 0.717) is 22.3 Å². The summed E-state index contributed by atoms with van der Waals surface area (Å²) >= 11 is 0. The topological polar surface area (TPSA) is 191 Å². The van der Waals surface area contributed by atoms with Gasteiger partial charge < -0.3 is 27.9 Å². The van der Waals surface area contributed by atoms with E-state index in [2.05, 4.69) is 25.7 Å². The molecule has 0 saturated heterocycles. The molecule has 8 N–H and O–H groups in total. The van der Waals surface area contributed by atoms with Gasteiger partial charge in [-0.25, -0.2) is 14.4 Å². The maximum atomic E-state index is 13.4. The first kappa shape index (κ1) is 24.8. The van der Waals surface area contributed by atoms with Crippen LogP contribution < -0.4 is 27.9 Å². The molecule has 35 heavy (non-hydrogen) atoms. The molecular formula is C23H23FN8O3. The average molecular weight is 478 g/mol. The number of aromatic nitrogens is 2. The Hall–Kier alpha value is -4.87. The third-order valence-electron chi connectivity index (χ3n) is 5.05. The van der Waals surface area contributed by atoms with Gasteiger partial charge in [0.25, 0.3) is 11.8 Å². The minimum Gasteiger partial charge on any atom is -0.382 e. The second-order valence-electron chi connectivity index (χ2n) is 7.50. The van der Waals surface area contributed by atoms with Gasteiger partial charge in [-0.1, -0.05) is 36.4 Å². The SMILES string of the molecule is Cc1cc(CNC(=O)c2cc(C(=O)NC(C(N)=O)c3ccc(/C(N)=N/N)cc3)ncn2)ccc1F. The smallest absolute Gasteiger partial charge is 0.270 e. The van der Waals surface area contributed by atoms with Gasteiger partial charge >= 0.3 is 0 Å². The quantitative estimate of drug-likeness (QED) is 0.134. The standard InChI is InChI=1S/C23H23FN8O3/c1-12-8-13(2-7-16(12)24)10-28-22(34)17-9-18(30-11-29-17)23(35)31-19(21(26)33)14-3-5-15(6-4-14)20(25)32-27/h2-9,11,19H,10,27H2,1H3,(H2,25,32)(H2,26,33)(H,28,34)(H,31,35). The van der Waals surface area contributed by atoms with E-state index >= 15 is 0 Å². The van der Waals surface area contributed by atoms with Gasteiger partial charge in [-0.05, 0) is 29.7 Å². The molecule has 1 aromatic heterocycles. The minimum atomic E-state index is -1.18. The molecule has 3 aromatic rings. The lowest BCUT2D eigenvalue weighted by atomic mass is 10.0. The molecule has 0 fully saturated rings. The summed E-state index contributed by atoms with van der Waals surface area (Å²) in [5.74, 6) is 2.78. The average Bonchev–Trinajstić information content (AvgIpc) is 2.87. The highest BCUT2D eigenvalue weighted by Crippen LogP contribution is 2.15. The Bertz CT molecular complexity index is 1290. The van der Waals surface area contributed by atoms with Gasteiger partial charge in [-0.15, -0.1) is 0 Å². The number of amides is 3. The second-order valence-corrected chi connectivity index (χ2v) is 7.50. The van der Waals surface area contributed by atoms with Crippen molar-refractivity contribution in [3.63, 3.8) is 0 Å². The summed E-state index contributed by atoms with van der Waals surface area (Å²) in [6, 6.07) is 10.7. The Morgan fingerprint density at radius 2 is 1.66 bits per heavy atom. The van der Waals surface area contributed by atoms with E-state index < -0.39 is 23.8 Å². The normalized spacial score (nSPS) is 12.0. The number of nitrogens with zero attached hydrogens (tertiary/aromatic N) is 3. The van der Waals surface area contributed by atoms with Crippen molar-refractivity contribution in [2.75, 3.05) is 0 Å². The van der Waals surface area contributed by atoms with Crippen LogP contribution in [0.4, 0.5) is 4.39 Å². The Morgan fingerprint density at radius 1 is 1.00 bits per heavy atom. The van der Waals surface area contributed by atoms with E-state index in [0.717, 1.165) is 6.33 Å². The summed E-state index contributed by atoms with van der Waals surface area (Å²) in [6.07, 6.45) is 1.05. The summed E-state index contributed by atoms with van der Waals surface area (Å²) in [7, 11) is 0. The molecule has 1 unspecified atom stereocenters. The Labute approximate surface area is 199 Å². The first-order chi connectivity index (χ1) is 16.7. The van der Waals surface area contributed by atoms with Crippen LogP contribution in [-0.4, -0.2) is 33.5 Å². The van der Waals surface area contributed by atoms with Crippen LogP contribution >= 0.6 is 0 Å². The molecule has 180 valence electrons. The Morgan fingerprint density at radius 3 is 2.26 bits per heavy atom. The molecule has 2 aromatic carbocycles. The van der Waals surface area contributed by atoms with Gasteiger partial charge in [0.05, 0.1) is 0 Å². The van der Waals surface area contributed by atoms with Crippen LogP contribution in [0, 0.1) is 12.7 Å².